The third-order valence-electron chi connectivity index (χ3n) is 4.90. The number of anilines is 1. The maximum absolute atomic E-state index is 13.8. The second-order valence-electron chi connectivity index (χ2n) is 6.91. The molecule has 3 rings (SSSR count). The lowest BCUT2D eigenvalue weighted by Crippen LogP contribution is -2.38. The lowest BCUT2D eigenvalue weighted by atomic mass is 10.1. The van der Waals surface area contributed by atoms with Crippen LogP contribution in [-0.4, -0.2) is 39.4 Å². The molecule has 7 nitrogen and oxygen atoms in total. The van der Waals surface area contributed by atoms with E-state index in [1.54, 1.807) is 36.6 Å². The van der Waals surface area contributed by atoms with Crippen LogP contribution in [0.4, 0.5) is 14.5 Å². The largest absolute Gasteiger partial charge is 0.330 e. The van der Waals surface area contributed by atoms with Crippen molar-refractivity contribution in [2.45, 2.75) is 27.3 Å². The van der Waals surface area contributed by atoms with Crippen LogP contribution in [0, 0.1) is 18.6 Å². The number of rotatable bonds is 6. The van der Waals surface area contributed by atoms with Gasteiger partial charge in [0.1, 0.15) is 29.6 Å². The molecule has 0 bridgehead atoms. The summed E-state index contributed by atoms with van der Waals surface area (Å²) in [7, 11) is 0. The smallest absolute Gasteiger partial charge is 0.272 e. The average molecular weight is 428 g/mol. The van der Waals surface area contributed by atoms with Gasteiger partial charge in [-0.1, -0.05) is 6.07 Å². The van der Waals surface area contributed by atoms with Crippen molar-refractivity contribution in [2.24, 2.45) is 0 Å². The second-order valence-corrected chi connectivity index (χ2v) is 6.91. The van der Waals surface area contributed by atoms with Crippen molar-refractivity contribution in [1.29, 1.82) is 0 Å². The number of carbonyl (C=O) groups is 2. The van der Waals surface area contributed by atoms with Crippen LogP contribution in [0.25, 0.3) is 11.0 Å². The van der Waals surface area contributed by atoms with E-state index in [-0.39, 0.29) is 24.2 Å². The fourth-order valence-corrected chi connectivity index (χ4v) is 3.30. The molecule has 0 aliphatic heterocycles. The number of benzene rings is 2. The maximum atomic E-state index is 13.8. The molecule has 2 amide bonds. The Morgan fingerprint density at radius 3 is 2.42 bits per heavy atom. The number of likely N-dealkylation sites (N-methyl/N-ethyl adjacent to an activating group) is 1. The SMILES string of the molecule is CCN(CC(=O)Nc1c(F)cccc1F)C(=O)c1ccc2c(c1)nc(C)c(=O)n2CC. The molecule has 2 aromatic carbocycles. The van der Waals surface area contributed by atoms with E-state index in [0.717, 1.165) is 12.1 Å². The number of aromatic nitrogens is 2. The summed E-state index contributed by atoms with van der Waals surface area (Å²) in [6, 6.07) is 8.01. The van der Waals surface area contributed by atoms with Crippen molar-refractivity contribution in [3.8, 4) is 0 Å². The predicted molar refractivity (Wildman–Crippen MR) is 113 cm³/mol. The van der Waals surface area contributed by atoms with Crippen LogP contribution in [0.3, 0.4) is 0 Å². The lowest BCUT2D eigenvalue weighted by molar-refractivity contribution is -0.116. The van der Waals surface area contributed by atoms with Crippen LogP contribution in [0.2, 0.25) is 0 Å². The molecule has 31 heavy (non-hydrogen) atoms. The molecule has 0 aliphatic rings. The zero-order chi connectivity index (χ0) is 22.7. The van der Waals surface area contributed by atoms with Gasteiger partial charge in [-0.15, -0.1) is 0 Å². The summed E-state index contributed by atoms with van der Waals surface area (Å²) in [6.07, 6.45) is 0. The Bertz CT molecular complexity index is 1200. The molecule has 0 radical (unpaired) electrons. The molecule has 1 N–H and O–H groups in total. The van der Waals surface area contributed by atoms with Gasteiger partial charge in [0.2, 0.25) is 5.91 Å². The lowest BCUT2D eigenvalue weighted by Gasteiger charge is -2.21. The van der Waals surface area contributed by atoms with Crippen molar-refractivity contribution in [3.63, 3.8) is 0 Å². The first-order chi connectivity index (χ1) is 14.8. The van der Waals surface area contributed by atoms with Gasteiger partial charge < -0.3 is 14.8 Å². The predicted octanol–water partition coefficient (Wildman–Crippen LogP) is 3.10. The molecule has 3 aromatic rings. The highest BCUT2D eigenvalue weighted by Crippen LogP contribution is 2.18. The fourth-order valence-electron chi connectivity index (χ4n) is 3.30. The Hall–Kier alpha value is -3.62. The minimum Gasteiger partial charge on any atom is -0.330 e. The van der Waals surface area contributed by atoms with Gasteiger partial charge >= 0.3 is 0 Å². The van der Waals surface area contributed by atoms with Crippen molar-refractivity contribution >= 4 is 28.5 Å². The molecule has 0 saturated heterocycles. The van der Waals surface area contributed by atoms with Crippen LogP contribution < -0.4 is 10.9 Å². The van der Waals surface area contributed by atoms with Gasteiger partial charge in [-0.05, 0) is 51.1 Å². The maximum Gasteiger partial charge on any atom is 0.272 e. The van der Waals surface area contributed by atoms with Crippen molar-refractivity contribution in [3.05, 3.63) is 69.6 Å². The molecule has 1 aromatic heterocycles. The summed E-state index contributed by atoms with van der Waals surface area (Å²) in [4.78, 5) is 43.0. The Morgan fingerprint density at radius 2 is 1.81 bits per heavy atom. The van der Waals surface area contributed by atoms with E-state index >= 15 is 0 Å². The third kappa shape index (κ3) is 4.45. The van der Waals surface area contributed by atoms with E-state index in [2.05, 4.69) is 10.3 Å². The topological polar surface area (TPSA) is 84.3 Å². The number of carbonyl (C=O) groups excluding carboxylic acids is 2. The summed E-state index contributed by atoms with van der Waals surface area (Å²) in [5, 5.41) is 2.17. The summed E-state index contributed by atoms with van der Waals surface area (Å²) < 4.78 is 29.1. The number of amides is 2. The normalized spacial score (nSPS) is 10.9. The summed E-state index contributed by atoms with van der Waals surface area (Å²) in [6.45, 7) is 5.40. The third-order valence-corrected chi connectivity index (χ3v) is 4.90. The number of aryl methyl sites for hydroxylation is 2. The van der Waals surface area contributed by atoms with E-state index in [1.165, 1.54) is 11.0 Å². The monoisotopic (exact) mass is 428 g/mol. The molecule has 0 fully saturated rings. The molecular formula is C22H22F2N4O3. The molecule has 0 aliphatic carbocycles. The van der Waals surface area contributed by atoms with Crippen molar-refractivity contribution < 1.29 is 18.4 Å². The molecule has 0 spiro atoms. The summed E-state index contributed by atoms with van der Waals surface area (Å²) in [5.74, 6) is -2.97. The highest BCUT2D eigenvalue weighted by molar-refractivity contribution is 6.01. The van der Waals surface area contributed by atoms with Gasteiger partial charge in [0, 0.05) is 18.7 Å². The van der Waals surface area contributed by atoms with Crippen LogP contribution in [0.5, 0.6) is 0 Å². The Labute approximate surface area is 177 Å². The van der Waals surface area contributed by atoms with E-state index in [1.807, 2.05) is 6.92 Å². The van der Waals surface area contributed by atoms with Crippen molar-refractivity contribution in [2.75, 3.05) is 18.4 Å². The zero-order valence-electron chi connectivity index (χ0n) is 17.4. The van der Waals surface area contributed by atoms with Gasteiger partial charge in [-0.25, -0.2) is 13.8 Å². The number of fused-ring (bicyclic) bond motifs is 1. The summed E-state index contributed by atoms with van der Waals surface area (Å²) in [5.41, 5.74) is 0.939. The number of hydrogen-bond donors (Lipinski definition) is 1. The Morgan fingerprint density at radius 1 is 1.13 bits per heavy atom. The van der Waals surface area contributed by atoms with Crippen LogP contribution in [-0.2, 0) is 11.3 Å². The van der Waals surface area contributed by atoms with E-state index in [0.29, 0.717) is 23.3 Å². The highest BCUT2D eigenvalue weighted by atomic mass is 19.1. The molecular weight excluding hydrogens is 406 g/mol. The second kappa shape index (κ2) is 9.03. The van der Waals surface area contributed by atoms with Crippen LogP contribution in [0.15, 0.2) is 41.2 Å². The summed E-state index contributed by atoms with van der Waals surface area (Å²) >= 11 is 0. The van der Waals surface area contributed by atoms with Crippen LogP contribution >= 0.6 is 0 Å². The highest BCUT2D eigenvalue weighted by Gasteiger charge is 2.20. The van der Waals surface area contributed by atoms with E-state index < -0.39 is 29.1 Å². The molecule has 162 valence electrons. The molecule has 0 atom stereocenters. The van der Waals surface area contributed by atoms with E-state index in [9.17, 15) is 23.2 Å². The standard InChI is InChI=1S/C22H22F2N4O3/c1-4-27(12-19(29)26-20-15(23)7-6-8-16(20)24)22(31)14-9-10-18-17(11-14)25-13(3)21(30)28(18)5-2/h6-11H,4-5,12H2,1-3H3,(H,26,29). The zero-order valence-corrected chi connectivity index (χ0v) is 17.4. The van der Waals surface area contributed by atoms with Gasteiger partial charge in [0.25, 0.3) is 11.5 Å². The average Bonchev–Trinajstić information content (AvgIpc) is 2.75. The van der Waals surface area contributed by atoms with E-state index in [4.69, 9.17) is 0 Å². The van der Waals surface area contributed by atoms with Crippen molar-refractivity contribution in [1.82, 2.24) is 14.5 Å². The Balaban J connectivity index is 1.84. The minimum absolute atomic E-state index is 0.193. The molecule has 0 unspecified atom stereocenters. The number of hydrogen-bond acceptors (Lipinski definition) is 4. The number of nitrogens with one attached hydrogen (secondary N) is 1. The Kier molecular flexibility index (Phi) is 6.43. The molecule has 9 heteroatoms. The number of nitrogens with zero attached hydrogens (tertiary/aromatic N) is 3. The number of para-hydroxylation sites is 1. The first-order valence-electron chi connectivity index (χ1n) is 9.81. The van der Waals surface area contributed by atoms with Gasteiger partial charge in [0.15, 0.2) is 0 Å². The number of halogens is 2. The molecule has 1 heterocycles. The first kappa shape index (κ1) is 22.1. The van der Waals surface area contributed by atoms with Gasteiger partial charge in [0.05, 0.1) is 11.0 Å². The van der Waals surface area contributed by atoms with Gasteiger partial charge in [-0.2, -0.15) is 0 Å². The van der Waals surface area contributed by atoms with Crippen LogP contribution in [0.1, 0.15) is 29.9 Å². The quantitative estimate of drug-likeness (QED) is 0.654. The first-order valence-corrected chi connectivity index (χ1v) is 9.81. The fraction of sp³-hybridized carbons (Fsp3) is 0.273. The minimum atomic E-state index is -0.902. The molecule has 0 saturated carbocycles. The van der Waals surface area contributed by atoms with Gasteiger partial charge in [-0.3, -0.25) is 14.4 Å².